The van der Waals surface area contributed by atoms with Crippen LogP contribution in [0.25, 0.3) is 11.3 Å². The quantitative estimate of drug-likeness (QED) is 0.693. The first kappa shape index (κ1) is 9.59. The summed E-state index contributed by atoms with van der Waals surface area (Å²) in [5, 5.41) is 0. The van der Waals surface area contributed by atoms with Gasteiger partial charge in [0.2, 0.25) is 0 Å². The zero-order valence-electron chi connectivity index (χ0n) is 8.47. The molecule has 0 aliphatic heterocycles. The smallest absolute Gasteiger partial charge is 0.151 e. The molecule has 2 rings (SSSR count). The topological polar surface area (TPSA) is 30.0 Å². The monoisotopic (exact) mass is 197 g/mol. The van der Waals surface area contributed by atoms with E-state index < -0.39 is 0 Å². The minimum atomic E-state index is 0.603. The zero-order valence-corrected chi connectivity index (χ0v) is 8.47. The van der Waals surface area contributed by atoms with Gasteiger partial charge in [0.25, 0.3) is 0 Å². The molecule has 15 heavy (non-hydrogen) atoms. The number of carbonyl (C=O) groups excluding carboxylic acids is 1. The number of hydrogen-bond acceptors (Lipinski definition) is 2. The third-order valence-corrected chi connectivity index (χ3v) is 2.27. The van der Waals surface area contributed by atoms with Gasteiger partial charge in [-0.1, -0.05) is 29.8 Å². The number of rotatable bonds is 2. The van der Waals surface area contributed by atoms with Gasteiger partial charge < -0.3 is 0 Å². The van der Waals surface area contributed by atoms with E-state index in [2.05, 4.69) is 4.98 Å². The lowest BCUT2D eigenvalue weighted by molar-refractivity contribution is 0.112. The summed E-state index contributed by atoms with van der Waals surface area (Å²) < 4.78 is 0. The average Bonchev–Trinajstić information content (AvgIpc) is 2.30. The number of nitrogens with zero attached hydrogens (tertiary/aromatic N) is 1. The van der Waals surface area contributed by atoms with Crippen LogP contribution in [0.1, 0.15) is 15.9 Å². The van der Waals surface area contributed by atoms with Gasteiger partial charge in [-0.15, -0.1) is 0 Å². The van der Waals surface area contributed by atoms with E-state index in [0.29, 0.717) is 5.56 Å². The lowest BCUT2D eigenvalue weighted by Gasteiger charge is -2.01. The minimum absolute atomic E-state index is 0.603. The van der Waals surface area contributed by atoms with Crippen molar-refractivity contribution < 1.29 is 4.79 Å². The number of hydrogen-bond donors (Lipinski definition) is 0. The second-order valence-electron chi connectivity index (χ2n) is 3.46. The highest BCUT2D eigenvalue weighted by atomic mass is 16.1. The number of pyridine rings is 1. The standard InChI is InChI=1S/C13H11NO/c1-10-2-5-12(6-3-10)13-7-4-11(9-15)8-14-13/h2-9H,1H3. The first-order valence-electron chi connectivity index (χ1n) is 4.78. The lowest BCUT2D eigenvalue weighted by Crippen LogP contribution is -1.86. The van der Waals surface area contributed by atoms with Crippen molar-refractivity contribution in [3.8, 4) is 11.3 Å². The molecule has 1 heterocycles. The predicted molar refractivity (Wildman–Crippen MR) is 59.8 cm³/mol. The molecule has 0 fully saturated rings. The second kappa shape index (κ2) is 4.05. The van der Waals surface area contributed by atoms with Crippen molar-refractivity contribution >= 4 is 6.29 Å². The molecule has 74 valence electrons. The second-order valence-corrected chi connectivity index (χ2v) is 3.46. The third-order valence-electron chi connectivity index (χ3n) is 2.27. The van der Waals surface area contributed by atoms with Crippen molar-refractivity contribution in [2.24, 2.45) is 0 Å². The Morgan fingerprint density at radius 2 is 1.80 bits per heavy atom. The first-order valence-corrected chi connectivity index (χ1v) is 4.78. The van der Waals surface area contributed by atoms with Gasteiger partial charge in [-0.25, -0.2) is 0 Å². The third kappa shape index (κ3) is 2.10. The molecule has 0 atom stereocenters. The Labute approximate surface area is 88.6 Å². The SMILES string of the molecule is Cc1ccc(-c2ccc(C=O)cn2)cc1. The van der Waals surface area contributed by atoms with Crippen LogP contribution in [-0.2, 0) is 0 Å². The Hall–Kier alpha value is -1.96. The van der Waals surface area contributed by atoms with E-state index in [9.17, 15) is 4.79 Å². The van der Waals surface area contributed by atoms with Gasteiger partial charge in [0.1, 0.15) is 0 Å². The highest BCUT2D eigenvalue weighted by molar-refractivity contribution is 5.75. The molecule has 0 bridgehead atoms. The summed E-state index contributed by atoms with van der Waals surface area (Å²) in [6, 6.07) is 11.8. The number of carbonyl (C=O) groups is 1. The number of aromatic nitrogens is 1. The van der Waals surface area contributed by atoms with Crippen molar-refractivity contribution in [2.75, 3.05) is 0 Å². The molecule has 0 radical (unpaired) electrons. The molecule has 0 N–H and O–H groups in total. The van der Waals surface area contributed by atoms with Gasteiger partial charge in [0.15, 0.2) is 6.29 Å². The average molecular weight is 197 g/mol. The Morgan fingerprint density at radius 1 is 1.07 bits per heavy atom. The Morgan fingerprint density at radius 3 is 2.33 bits per heavy atom. The maximum absolute atomic E-state index is 10.5. The molecule has 0 unspecified atom stereocenters. The van der Waals surface area contributed by atoms with Gasteiger partial charge in [-0.3, -0.25) is 9.78 Å². The highest BCUT2D eigenvalue weighted by Crippen LogP contribution is 2.16. The summed E-state index contributed by atoms with van der Waals surface area (Å²) >= 11 is 0. The summed E-state index contributed by atoms with van der Waals surface area (Å²) in [6.45, 7) is 2.05. The number of aryl methyl sites for hydroxylation is 1. The van der Waals surface area contributed by atoms with Crippen molar-refractivity contribution in [2.45, 2.75) is 6.92 Å². The normalized spacial score (nSPS) is 9.93. The number of benzene rings is 1. The molecule has 0 spiro atoms. The molecule has 2 aromatic rings. The van der Waals surface area contributed by atoms with Crippen molar-refractivity contribution in [1.29, 1.82) is 0 Å². The minimum Gasteiger partial charge on any atom is -0.298 e. The fourth-order valence-electron chi connectivity index (χ4n) is 1.37. The summed E-state index contributed by atoms with van der Waals surface area (Å²) in [5.74, 6) is 0. The Balaban J connectivity index is 2.37. The first-order chi connectivity index (χ1) is 7.29. The van der Waals surface area contributed by atoms with Crippen LogP contribution in [0.4, 0.5) is 0 Å². The zero-order chi connectivity index (χ0) is 10.7. The molecular formula is C13H11NO. The summed E-state index contributed by atoms with van der Waals surface area (Å²) in [4.78, 5) is 14.7. The van der Waals surface area contributed by atoms with Crippen LogP contribution in [0.5, 0.6) is 0 Å². The molecule has 0 aliphatic rings. The van der Waals surface area contributed by atoms with Crippen LogP contribution in [0.15, 0.2) is 42.6 Å². The van der Waals surface area contributed by atoms with Gasteiger partial charge >= 0.3 is 0 Å². The summed E-state index contributed by atoms with van der Waals surface area (Å²) in [5.41, 5.74) is 3.78. The van der Waals surface area contributed by atoms with Gasteiger partial charge in [0, 0.05) is 17.3 Å². The molecule has 1 aromatic heterocycles. The summed E-state index contributed by atoms with van der Waals surface area (Å²) in [6.07, 6.45) is 2.38. The highest BCUT2D eigenvalue weighted by Gasteiger charge is 1.98. The molecule has 2 heteroatoms. The van der Waals surface area contributed by atoms with Crippen LogP contribution in [0.3, 0.4) is 0 Å². The lowest BCUT2D eigenvalue weighted by atomic mass is 10.1. The van der Waals surface area contributed by atoms with E-state index in [-0.39, 0.29) is 0 Å². The number of aldehydes is 1. The van der Waals surface area contributed by atoms with E-state index in [1.807, 2.05) is 37.3 Å². The van der Waals surface area contributed by atoms with E-state index >= 15 is 0 Å². The molecule has 0 amide bonds. The van der Waals surface area contributed by atoms with Crippen LogP contribution in [-0.4, -0.2) is 11.3 Å². The predicted octanol–water partition coefficient (Wildman–Crippen LogP) is 2.87. The van der Waals surface area contributed by atoms with Gasteiger partial charge in [0.05, 0.1) is 5.69 Å². The Bertz CT molecular complexity index is 457. The molecule has 0 aliphatic carbocycles. The van der Waals surface area contributed by atoms with Gasteiger partial charge in [-0.2, -0.15) is 0 Å². The van der Waals surface area contributed by atoms with Crippen molar-refractivity contribution in [3.05, 3.63) is 53.7 Å². The van der Waals surface area contributed by atoms with E-state index in [1.54, 1.807) is 12.3 Å². The van der Waals surface area contributed by atoms with Crippen LogP contribution < -0.4 is 0 Å². The largest absolute Gasteiger partial charge is 0.298 e. The molecule has 0 saturated heterocycles. The van der Waals surface area contributed by atoms with E-state index in [1.165, 1.54) is 5.56 Å². The maximum Gasteiger partial charge on any atom is 0.151 e. The Kier molecular flexibility index (Phi) is 2.59. The molecule has 2 nitrogen and oxygen atoms in total. The maximum atomic E-state index is 10.5. The van der Waals surface area contributed by atoms with Crippen molar-refractivity contribution in [1.82, 2.24) is 4.98 Å². The van der Waals surface area contributed by atoms with E-state index in [0.717, 1.165) is 17.5 Å². The fourth-order valence-corrected chi connectivity index (χ4v) is 1.37. The van der Waals surface area contributed by atoms with Crippen LogP contribution >= 0.6 is 0 Å². The van der Waals surface area contributed by atoms with Gasteiger partial charge in [-0.05, 0) is 19.1 Å². The van der Waals surface area contributed by atoms with E-state index in [4.69, 9.17) is 0 Å². The molecule has 0 saturated carbocycles. The summed E-state index contributed by atoms with van der Waals surface area (Å²) in [7, 11) is 0. The van der Waals surface area contributed by atoms with Crippen LogP contribution in [0, 0.1) is 6.92 Å². The molecule has 1 aromatic carbocycles. The van der Waals surface area contributed by atoms with Crippen LogP contribution in [0.2, 0.25) is 0 Å². The fraction of sp³-hybridized carbons (Fsp3) is 0.0769. The van der Waals surface area contributed by atoms with Crippen molar-refractivity contribution in [3.63, 3.8) is 0 Å². The molecular weight excluding hydrogens is 186 g/mol.